The number of hydrogen-bond acceptors (Lipinski definition) is 8. The maximum Gasteiger partial charge on any atom is 0.243 e. The number of likely N-dealkylation sites (tertiary alicyclic amines) is 1. The van der Waals surface area contributed by atoms with Gasteiger partial charge in [0.2, 0.25) is 5.91 Å². The average Bonchev–Trinajstić information content (AvgIpc) is 3.32. The molecule has 0 bridgehead atoms. The number of nitriles is 1. The molecule has 4 aliphatic rings. The number of nitrogens with zero attached hydrogens (tertiary/aromatic N) is 3. The van der Waals surface area contributed by atoms with E-state index in [1.54, 1.807) is 5.41 Å². The Bertz CT molecular complexity index is 624. The Morgan fingerprint density at radius 2 is 2.00 bits per heavy atom. The summed E-state index contributed by atoms with van der Waals surface area (Å²) in [6, 6.07) is 3.05. The number of rotatable bonds is 7. The number of hydrazine groups is 1. The van der Waals surface area contributed by atoms with E-state index in [1.807, 2.05) is 0 Å². The molecule has 3 aliphatic heterocycles. The number of thioether (sulfide) groups is 1. The van der Waals surface area contributed by atoms with Crippen LogP contribution in [0.1, 0.15) is 44.9 Å². The summed E-state index contributed by atoms with van der Waals surface area (Å²) in [5, 5.41) is 14.4. The van der Waals surface area contributed by atoms with Gasteiger partial charge in [0.25, 0.3) is 0 Å². The molecule has 1 amide bonds. The zero-order chi connectivity index (χ0) is 19.3. The lowest BCUT2D eigenvalue weighted by Crippen LogP contribution is -2.51. The van der Waals surface area contributed by atoms with E-state index in [2.05, 4.69) is 27.1 Å². The van der Waals surface area contributed by atoms with E-state index in [9.17, 15) is 4.79 Å². The molecule has 0 aromatic rings. The molecular weight excluding hydrogens is 376 g/mol. The molecule has 28 heavy (non-hydrogen) atoms. The van der Waals surface area contributed by atoms with Gasteiger partial charge < -0.3 is 4.74 Å². The molecule has 0 aromatic heterocycles. The molecule has 2 unspecified atom stereocenters. The minimum Gasteiger partial charge on any atom is -0.337 e. The van der Waals surface area contributed by atoms with Gasteiger partial charge in [0.05, 0.1) is 12.4 Å². The van der Waals surface area contributed by atoms with Crippen LogP contribution in [-0.2, 0) is 9.53 Å². The van der Waals surface area contributed by atoms with Gasteiger partial charge in [-0.3, -0.25) is 25.3 Å². The van der Waals surface area contributed by atoms with Crippen LogP contribution in [-0.4, -0.2) is 65.8 Å². The van der Waals surface area contributed by atoms with Gasteiger partial charge in [-0.15, -0.1) is 11.8 Å². The number of piperidine rings is 1. The number of amides is 1. The summed E-state index contributed by atoms with van der Waals surface area (Å²) in [7, 11) is 0. The van der Waals surface area contributed by atoms with Crippen LogP contribution in [0.3, 0.4) is 0 Å². The lowest BCUT2D eigenvalue weighted by atomic mass is 9.95. The third-order valence-corrected chi connectivity index (χ3v) is 6.81. The van der Waals surface area contributed by atoms with Gasteiger partial charge in [-0.25, -0.2) is 5.43 Å². The van der Waals surface area contributed by atoms with Crippen LogP contribution < -0.4 is 16.2 Å². The fraction of sp³-hybridized carbons (Fsp3) is 0.789. The third-order valence-electron chi connectivity index (χ3n) is 6.01. The topological polar surface area (TPSA) is 96.0 Å². The second kappa shape index (κ2) is 9.57. The monoisotopic (exact) mass is 406 g/mol. The number of carbonyl (C=O) groups is 1. The molecule has 2 atom stereocenters. The molecule has 0 radical (unpaired) electrons. The Labute approximate surface area is 171 Å². The van der Waals surface area contributed by atoms with E-state index in [0.717, 1.165) is 25.9 Å². The third kappa shape index (κ3) is 5.06. The summed E-state index contributed by atoms with van der Waals surface area (Å²) in [5.41, 5.74) is 6.76. The highest BCUT2D eigenvalue weighted by molar-refractivity contribution is 8.02. The van der Waals surface area contributed by atoms with Crippen molar-refractivity contribution < 1.29 is 9.53 Å². The Morgan fingerprint density at radius 3 is 2.75 bits per heavy atom. The fourth-order valence-electron chi connectivity index (χ4n) is 4.29. The van der Waals surface area contributed by atoms with Crippen LogP contribution >= 0.6 is 11.8 Å². The van der Waals surface area contributed by atoms with Crippen LogP contribution in [0.2, 0.25) is 0 Å². The Morgan fingerprint density at radius 1 is 1.21 bits per heavy atom. The average molecular weight is 407 g/mol. The van der Waals surface area contributed by atoms with Crippen molar-refractivity contribution in [1.29, 1.82) is 5.26 Å². The smallest absolute Gasteiger partial charge is 0.243 e. The molecule has 8 nitrogen and oxygen atoms in total. The first-order chi connectivity index (χ1) is 13.7. The normalized spacial score (nSPS) is 29.5. The first-order valence-electron chi connectivity index (χ1n) is 10.4. The number of hydrogen-bond donors (Lipinski definition) is 3. The van der Waals surface area contributed by atoms with Crippen molar-refractivity contribution in [3.63, 3.8) is 0 Å². The number of nitrogens with one attached hydrogen (secondary N) is 3. The van der Waals surface area contributed by atoms with Crippen molar-refractivity contribution in [2.24, 2.45) is 0 Å². The predicted molar refractivity (Wildman–Crippen MR) is 107 cm³/mol. The molecule has 9 heteroatoms. The highest BCUT2D eigenvalue weighted by Gasteiger charge is 2.45. The van der Waals surface area contributed by atoms with Gasteiger partial charge in [0.1, 0.15) is 11.8 Å². The first-order valence-corrected chi connectivity index (χ1v) is 11.5. The Hall–Kier alpha value is -1.15. The van der Waals surface area contributed by atoms with E-state index in [-0.39, 0.29) is 24.9 Å². The van der Waals surface area contributed by atoms with E-state index in [4.69, 9.17) is 10.00 Å². The van der Waals surface area contributed by atoms with Gasteiger partial charge in [0.15, 0.2) is 12.5 Å². The Kier molecular flexibility index (Phi) is 6.88. The maximum absolute atomic E-state index is 12.2. The number of ether oxygens (including phenoxy) is 1. The van der Waals surface area contributed by atoms with Crippen LogP contribution in [0.5, 0.6) is 0 Å². The number of carbonyl (C=O) groups excluding carboxylic acids is 1. The lowest BCUT2D eigenvalue weighted by molar-refractivity contribution is -0.127. The molecule has 3 N–H and O–H groups in total. The van der Waals surface area contributed by atoms with Crippen LogP contribution in [0.25, 0.3) is 0 Å². The van der Waals surface area contributed by atoms with Gasteiger partial charge in [0, 0.05) is 30.6 Å². The highest BCUT2D eigenvalue weighted by Crippen LogP contribution is 2.29. The first kappa shape index (κ1) is 20.1. The molecule has 3 heterocycles. The lowest BCUT2D eigenvalue weighted by Gasteiger charge is -2.31. The van der Waals surface area contributed by atoms with Crippen molar-refractivity contribution in [3.05, 3.63) is 11.1 Å². The van der Waals surface area contributed by atoms with E-state index < -0.39 is 0 Å². The molecule has 0 aromatic carbocycles. The van der Waals surface area contributed by atoms with Crippen LogP contribution in [0.15, 0.2) is 11.1 Å². The van der Waals surface area contributed by atoms with Gasteiger partial charge in [-0.05, 0) is 25.7 Å². The largest absolute Gasteiger partial charge is 0.337 e. The molecule has 4 rings (SSSR count). The zero-order valence-corrected chi connectivity index (χ0v) is 17.0. The van der Waals surface area contributed by atoms with Crippen molar-refractivity contribution in [3.8, 4) is 6.07 Å². The summed E-state index contributed by atoms with van der Waals surface area (Å²) < 4.78 is 5.88. The van der Waals surface area contributed by atoms with Gasteiger partial charge >= 0.3 is 0 Å². The molecule has 2 saturated heterocycles. The minimum atomic E-state index is -0.0780. The SMILES string of the molecule is N#CC1=CSCN1C(=O)CNNC1CCN(C2OC2NC2CCCCC2)CC1. The predicted octanol–water partition coefficient (Wildman–Crippen LogP) is 1.05. The molecule has 3 fully saturated rings. The van der Waals surface area contributed by atoms with E-state index in [0.29, 0.717) is 23.7 Å². The summed E-state index contributed by atoms with van der Waals surface area (Å²) in [6.07, 6.45) is 9.12. The quantitative estimate of drug-likeness (QED) is 0.427. The Balaban J connectivity index is 1.10. The van der Waals surface area contributed by atoms with Gasteiger partial charge in [-0.1, -0.05) is 19.3 Å². The molecule has 154 valence electrons. The highest BCUT2D eigenvalue weighted by atomic mass is 32.2. The molecule has 1 saturated carbocycles. The zero-order valence-electron chi connectivity index (χ0n) is 16.2. The standard InChI is InChI=1S/C19H30N6O2S/c20-10-16-12-28-13-25(16)17(26)11-21-23-15-6-8-24(9-7-15)19-18(27-19)22-14-4-2-1-3-5-14/h12,14-15,18-19,21-23H,1-9,11,13H2. The van der Waals surface area contributed by atoms with Crippen molar-refractivity contribution in [2.75, 3.05) is 25.5 Å². The second-order valence-electron chi connectivity index (χ2n) is 7.99. The summed E-state index contributed by atoms with van der Waals surface area (Å²) >= 11 is 1.47. The molecule has 1 aliphatic carbocycles. The number of allylic oxidation sites excluding steroid dienone is 1. The van der Waals surface area contributed by atoms with Gasteiger partial charge in [-0.2, -0.15) is 5.26 Å². The summed E-state index contributed by atoms with van der Waals surface area (Å²) in [6.45, 7) is 2.20. The van der Waals surface area contributed by atoms with E-state index in [1.165, 1.54) is 48.8 Å². The minimum absolute atomic E-state index is 0.0780. The fourth-order valence-corrected chi connectivity index (χ4v) is 5.13. The number of epoxide rings is 1. The summed E-state index contributed by atoms with van der Waals surface area (Å²) in [4.78, 5) is 16.1. The molecule has 0 spiro atoms. The molecular formula is C19H30N6O2S. The maximum atomic E-state index is 12.2. The van der Waals surface area contributed by atoms with Crippen LogP contribution in [0, 0.1) is 11.3 Å². The summed E-state index contributed by atoms with van der Waals surface area (Å²) in [5.74, 6) is 0.449. The van der Waals surface area contributed by atoms with E-state index >= 15 is 0 Å². The van der Waals surface area contributed by atoms with Crippen LogP contribution in [0.4, 0.5) is 0 Å². The van der Waals surface area contributed by atoms with Crippen molar-refractivity contribution >= 4 is 17.7 Å². The van der Waals surface area contributed by atoms with Crippen molar-refractivity contribution in [1.82, 2.24) is 26.0 Å². The van der Waals surface area contributed by atoms with Crippen molar-refractivity contribution in [2.45, 2.75) is 69.5 Å². The second-order valence-corrected chi connectivity index (χ2v) is 8.82.